The van der Waals surface area contributed by atoms with E-state index >= 15 is 0 Å². The Bertz CT molecular complexity index is 429. The Morgan fingerprint density at radius 2 is 2.05 bits per heavy atom. The topological polar surface area (TPSA) is 36.4 Å². The molecule has 1 saturated heterocycles. The van der Waals surface area contributed by atoms with Crippen molar-refractivity contribution in [2.24, 2.45) is 5.92 Å². The van der Waals surface area contributed by atoms with Gasteiger partial charge in [-0.3, -0.25) is 4.98 Å². The van der Waals surface area contributed by atoms with Gasteiger partial charge in [-0.2, -0.15) is 0 Å². The van der Waals surface area contributed by atoms with Gasteiger partial charge in [0.25, 0.3) is 0 Å². The molecule has 3 nitrogen and oxygen atoms in total. The third kappa shape index (κ3) is 2.69. The predicted octanol–water partition coefficient (Wildman–Crippen LogP) is 3.68. The van der Waals surface area contributed by atoms with Gasteiger partial charge in [-0.05, 0) is 50.2 Å². The summed E-state index contributed by atoms with van der Waals surface area (Å²) in [5, 5.41) is 9.84. The van der Waals surface area contributed by atoms with Crippen LogP contribution in [0.1, 0.15) is 63.7 Å². The van der Waals surface area contributed by atoms with Crippen LogP contribution in [0, 0.1) is 5.92 Å². The van der Waals surface area contributed by atoms with E-state index in [1.165, 1.54) is 50.8 Å². The molecule has 1 aromatic heterocycles. The van der Waals surface area contributed by atoms with Gasteiger partial charge in [0.05, 0.1) is 23.7 Å². The van der Waals surface area contributed by atoms with Crippen LogP contribution >= 0.6 is 0 Å². The lowest BCUT2D eigenvalue weighted by Gasteiger charge is -2.45. The first-order valence-electron chi connectivity index (χ1n) is 8.20. The first kappa shape index (κ1) is 13.9. The number of anilines is 1. The van der Waals surface area contributed by atoms with Crippen LogP contribution in [0.2, 0.25) is 0 Å². The Labute approximate surface area is 122 Å². The van der Waals surface area contributed by atoms with Crippen molar-refractivity contribution in [1.82, 2.24) is 4.98 Å². The zero-order valence-corrected chi connectivity index (χ0v) is 12.5. The summed E-state index contributed by atoms with van der Waals surface area (Å²) in [6.45, 7) is 3.15. The summed E-state index contributed by atoms with van der Waals surface area (Å²) in [6.07, 6.45) is 10.5. The van der Waals surface area contributed by atoms with E-state index in [-0.39, 0.29) is 0 Å². The van der Waals surface area contributed by atoms with Crippen molar-refractivity contribution in [2.75, 3.05) is 11.4 Å². The molecule has 0 radical (unpaired) electrons. The summed E-state index contributed by atoms with van der Waals surface area (Å²) in [5.41, 5.74) is 2.04. The minimum Gasteiger partial charge on any atom is -0.387 e. The summed E-state index contributed by atoms with van der Waals surface area (Å²) >= 11 is 0. The number of aliphatic hydroxyl groups excluding tert-OH is 1. The van der Waals surface area contributed by atoms with Gasteiger partial charge >= 0.3 is 0 Å². The molecule has 1 aromatic rings. The smallest absolute Gasteiger partial charge is 0.0957 e. The molecule has 0 bridgehead atoms. The molecule has 0 unspecified atom stereocenters. The average Bonchev–Trinajstić information content (AvgIpc) is 2.54. The lowest BCUT2D eigenvalue weighted by molar-refractivity contribution is 0.169. The van der Waals surface area contributed by atoms with Crippen LogP contribution in [-0.2, 0) is 0 Å². The zero-order chi connectivity index (χ0) is 13.9. The van der Waals surface area contributed by atoms with Crippen LogP contribution in [-0.4, -0.2) is 22.7 Å². The summed E-state index contributed by atoms with van der Waals surface area (Å²) in [6, 6.07) is 4.87. The summed E-state index contributed by atoms with van der Waals surface area (Å²) in [5.74, 6) is 0.887. The largest absolute Gasteiger partial charge is 0.387 e. The quantitative estimate of drug-likeness (QED) is 0.913. The van der Waals surface area contributed by atoms with Gasteiger partial charge in [0.1, 0.15) is 0 Å². The summed E-state index contributed by atoms with van der Waals surface area (Å²) in [4.78, 5) is 7.04. The predicted molar refractivity (Wildman–Crippen MR) is 81.8 cm³/mol. The number of piperidine rings is 1. The van der Waals surface area contributed by atoms with Gasteiger partial charge in [-0.25, -0.2) is 0 Å². The number of pyridine rings is 1. The Morgan fingerprint density at radius 1 is 1.25 bits per heavy atom. The Kier molecular flexibility index (Phi) is 4.25. The van der Waals surface area contributed by atoms with Crippen LogP contribution in [0.3, 0.4) is 0 Å². The fourth-order valence-electron chi connectivity index (χ4n) is 3.92. The minimum atomic E-state index is -0.423. The van der Waals surface area contributed by atoms with E-state index in [0.717, 1.165) is 24.1 Å². The molecule has 3 rings (SSSR count). The van der Waals surface area contributed by atoms with Gasteiger partial charge in [-0.1, -0.05) is 19.8 Å². The molecule has 0 spiro atoms. The Hall–Kier alpha value is -1.09. The van der Waals surface area contributed by atoms with E-state index in [0.29, 0.717) is 0 Å². The maximum atomic E-state index is 9.84. The van der Waals surface area contributed by atoms with Crippen molar-refractivity contribution in [3.05, 3.63) is 24.0 Å². The van der Waals surface area contributed by atoms with E-state index in [2.05, 4.69) is 16.0 Å². The van der Waals surface area contributed by atoms with Crippen molar-refractivity contribution >= 4 is 5.69 Å². The summed E-state index contributed by atoms with van der Waals surface area (Å²) in [7, 11) is 0. The first-order chi connectivity index (χ1) is 9.79. The molecule has 3 atom stereocenters. The van der Waals surface area contributed by atoms with Crippen molar-refractivity contribution < 1.29 is 5.11 Å². The molecule has 1 aliphatic heterocycles. The molecule has 0 amide bonds. The number of rotatable bonds is 3. The highest BCUT2D eigenvalue weighted by Crippen LogP contribution is 2.37. The Morgan fingerprint density at radius 3 is 2.80 bits per heavy atom. The van der Waals surface area contributed by atoms with Gasteiger partial charge in [-0.15, -0.1) is 0 Å². The van der Waals surface area contributed by atoms with E-state index in [4.69, 9.17) is 0 Å². The second-order valence-corrected chi connectivity index (χ2v) is 6.31. The lowest BCUT2D eigenvalue weighted by atomic mass is 9.78. The fourth-order valence-corrected chi connectivity index (χ4v) is 3.92. The minimum absolute atomic E-state index is 0.423. The number of nitrogens with zero attached hydrogens (tertiary/aromatic N) is 2. The molecule has 1 aliphatic carbocycles. The highest BCUT2D eigenvalue weighted by Gasteiger charge is 2.33. The maximum absolute atomic E-state index is 9.84. The van der Waals surface area contributed by atoms with Gasteiger partial charge < -0.3 is 10.0 Å². The molecule has 110 valence electrons. The number of aliphatic hydroxyl groups is 1. The molecule has 1 N–H and O–H groups in total. The molecular formula is C17H26N2O. The van der Waals surface area contributed by atoms with Crippen molar-refractivity contribution in [2.45, 2.75) is 64.0 Å². The van der Waals surface area contributed by atoms with E-state index in [1.54, 1.807) is 0 Å². The van der Waals surface area contributed by atoms with Crippen LogP contribution in [0.4, 0.5) is 5.69 Å². The number of hydrogen-bond acceptors (Lipinski definition) is 3. The van der Waals surface area contributed by atoms with Crippen molar-refractivity contribution in [1.29, 1.82) is 0 Å². The van der Waals surface area contributed by atoms with Crippen molar-refractivity contribution in [3.8, 4) is 0 Å². The maximum Gasteiger partial charge on any atom is 0.0957 e. The van der Waals surface area contributed by atoms with Gasteiger partial charge in [0.15, 0.2) is 0 Å². The fraction of sp³-hybridized carbons (Fsp3) is 0.706. The van der Waals surface area contributed by atoms with Gasteiger partial charge in [0.2, 0.25) is 0 Å². The molecule has 2 aliphatic rings. The third-order valence-electron chi connectivity index (χ3n) is 5.07. The van der Waals surface area contributed by atoms with Crippen LogP contribution in [0.25, 0.3) is 0 Å². The molecule has 0 aromatic carbocycles. The molecule has 20 heavy (non-hydrogen) atoms. The molecular weight excluding hydrogens is 248 g/mol. The number of fused-ring (bicyclic) bond motifs is 1. The highest BCUT2D eigenvalue weighted by atomic mass is 16.3. The van der Waals surface area contributed by atoms with Crippen molar-refractivity contribution in [3.63, 3.8) is 0 Å². The van der Waals surface area contributed by atoms with Crippen LogP contribution < -0.4 is 4.90 Å². The molecule has 2 heterocycles. The van der Waals surface area contributed by atoms with Crippen LogP contribution in [0.15, 0.2) is 18.3 Å². The van der Waals surface area contributed by atoms with E-state index in [1.807, 2.05) is 19.2 Å². The second-order valence-electron chi connectivity index (χ2n) is 6.31. The monoisotopic (exact) mass is 274 g/mol. The van der Waals surface area contributed by atoms with Gasteiger partial charge in [0, 0.05) is 12.6 Å². The molecule has 3 heteroatoms. The normalized spacial score (nSPS) is 28.0. The summed E-state index contributed by atoms with van der Waals surface area (Å²) < 4.78 is 0. The molecule has 1 saturated carbocycles. The lowest BCUT2D eigenvalue weighted by Crippen LogP contribution is -2.46. The first-order valence-corrected chi connectivity index (χ1v) is 8.20. The molecule has 2 fully saturated rings. The Balaban J connectivity index is 1.77. The van der Waals surface area contributed by atoms with E-state index in [9.17, 15) is 5.11 Å². The van der Waals surface area contributed by atoms with E-state index < -0.39 is 6.10 Å². The SMILES string of the molecule is CC[C@@H](O)c1ccc(N2CCC[C@H]3CCCC[C@H]32)cn1. The highest BCUT2D eigenvalue weighted by molar-refractivity contribution is 5.46. The zero-order valence-electron chi connectivity index (χ0n) is 12.5. The average molecular weight is 274 g/mol. The third-order valence-corrected chi connectivity index (χ3v) is 5.07. The number of aromatic nitrogens is 1. The standard InChI is InChI=1S/C17H26N2O/c1-2-17(20)15-10-9-14(12-18-15)19-11-5-7-13-6-3-4-8-16(13)19/h9-10,12-13,16-17,20H,2-8,11H2,1H3/t13-,16-,17-/m1/s1. The second kappa shape index (κ2) is 6.13. The van der Waals surface area contributed by atoms with Crippen LogP contribution in [0.5, 0.6) is 0 Å². The number of hydrogen-bond donors (Lipinski definition) is 1.